The third-order valence-corrected chi connectivity index (χ3v) is 5.20. The molecule has 0 unspecified atom stereocenters. The smallest absolute Gasteiger partial charge is 0.255 e. The Balaban J connectivity index is 1.33. The van der Waals surface area contributed by atoms with E-state index in [2.05, 4.69) is 30.7 Å². The van der Waals surface area contributed by atoms with Crippen LogP contribution in [0.2, 0.25) is 0 Å². The summed E-state index contributed by atoms with van der Waals surface area (Å²) in [5.74, 6) is 2.31. The number of amides is 1. The van der Waals surface area contributed by atoms with Crippen LogP contribution in [0.3, 0.4) is 0 Å². The Morgan fingerprint density at radius 2 is 1.77 bits per heavy atom. The van der Waals surface area contributed by atoms with Crippen molar-refractivity contribution in [2.45, 2.75) is 13.8 Å². The highest BCUT2D eigenvalue weighted by molar-refractivity contribution is 6.04. The van der Waals surface area contributed by atoms with E-state index in [1.54, 1.807) is 29.0 Å². The molecule has 0 bridgehead atoms. The Labute approximate surface area is 201 Å². The number of nitrogens with zero attached hydrogens (tertiary/aromatic N) is 5. The number of carbonyl (C=O) groups is 1. The number of ether oxygens (including phenoxy) is 1. The lowest BCUT2D eigenvalue weighted by atomic mass is 10.2. The quantitative estimate of drug-likeness (QED) is 0.352. The van der Waals surface area contributed by atoms with Gasteiger partial charge in [-0.25, -0.2) is 4.98 Å². The SMILES string of the molecule is CCOc1ccc(NC(=O)c2ccc(Nc3cc(C)nc4nc(-c5cccnc5)nn34)cc2)cc1. The van der Waals surface area contributed by atoms with Crippen LogP contribution in [0.4, 0.5) is 17.2 Å². The van der Waals surface area contributed by atoms with E-state index in [1.807, 2.05) is 68.4 Å². The van der Waals surface area contributed by atoms with Gasteiger partial charge < -0.3 is 15.4 Å². The molecule has 0 fully saturated rings. The molecule has 0 saturated heterocycles. The number of nitrogens with one attached hydrogen (secondary N) is 2. The van der Waals surface area contributed by atoms with E-state index < -0.39 is 0 Å². The number of fused-ring (bicyclic) bond motifs is 1. The minimum atomic E-state index is -0.194. The lowest BCUT2D eigenvalue weighted by Crippen LogP contribution is -2.11. The molecule has 0 aliphatic rings. The molecule has 0 aliphatic carbocycles. The summed E-state index contributed by atoms with van der Waals surface area (Å²) in [5, 5.41) is 10.8. The molecule has 3 aromatic heterocycles. The van der Waals surface area contributed by atoms with Crippen LogP contribution in [-0.4, -0.2) is 37.1 Å². The predicted octanol–water partition coefficient (Wildman–Crippen LogP) is 4.89. The van der Waals surface area contributed by atoms with Crippen molar-refractivity contribution in [2.24, 2.45) is 0 Å². The summed E-state index contributed by atoms with van der Waals surface area (Å²) in [4.78, 5) is 25.8. The number of anilines is 3. The molecule has 0 atom stereocenters. The summed E-state index contributed by atoms with van der Waals surface area (Å²) in [5.41, 5.74) is 3.65. The van der Waals surface area contributed by atoms with Gasteiger partial charge in [0.25, 0.3) is 11.7 Å². The zero-order chi connectivity index (χ0) is 24.2. The van der Waals surface area contributed by atoms with Crippen LogP contribution in [0, 0.1) is 6.92 Å². The standard InChI is InChI=1S/C26H23N7O2/c1-3-35-22-12-10-21(11-13-22)30-25(34)18-6-8-20(9-7-18)29-23-15-17(2)28-26-31-24(32-33(23)26)19-5-4-14-27-16-19/h4-16,29H,3H2,1-2H3,(H,30,34). The minimum Gasteiger partial charge on any atom is -0.494 e. The van der Waals surface area contributed by atoms with Gasteiger partial charge in [0, 0.05) is 46.7 Å². The zero-order valence-corrected chi connectivity index (χ0v) is 19.3. The minimum absolute atomic E-state index is 0.194. The average Bonchev–Trinajstić information content (AvgIpc) is 3.31. The maximum Gasteiger partial charge on any atom is 0.255 e. The van der Waals surface area contributed by atoms with E-state index in [4.69, 9.17) is 4.74 Å². The van der Waals surface area contributed by atoms with E-state index in [-0.39, 0.29) is 5.91 Å². The van der Waals surface area contributed by atoms with Gasteiger partial charge in [-0.3, -0.25) is 9.78 Å². The number of aromatic nitrogens is 5. The van der Waals surface area contributed by atoms with Gasteiger partial charge in [0.2, 0.25) is 0 Å². The second-order valence-electron chi connectivity index (χ2n) is 7.79. The van der Waals surface area contributed by atoms with Crippen molar-refractivity contribution < 1.29 is 9.53 Å². The molecule has 9 heteroatoms. The van der Waals surface area contributed by atoms with Crippen molar-refractivity contribution in [1.82, 2.24) is 24.6 Å². The van der Waals surface area contributed by atoms with Gasteiger partial charge in [0.05, 0.1) is 6.61 Å². The lowest BCUT2D eigenvalue weighted by Gasteiger charge is -2.10. The van der Waals surface area contributed by atoms with Crippen LogP contribution in [-0.2, 0) is 0 Å². The largest absolute Gasteiger partial charge is 0.494 e. The molecule has 9 nitrogen and oxygen atoms in total. The number of aryl methyl sites for hydroxylation is 1. The van der Waals surface area contributed by atoms with Crippen LogP contribution >= 0.6 is 0 Å². The highest BCUT2D eigenvalue weighted by Gasteiger charge is 2.12. The van der Waals surface area contributed by atoms with Gasteiger partial charge in [-0.1, -0.05) is 0 Å². The van der Waals surface area contributed by atoms with Crippen molar-refractivity contribution in [3.8, 4) is 17.1 Å². The van der Waals surface area contributed by atoms with Crippen LogP contribution in [0.5, 0.6) is 5.75 Å². The summed E-state index contributed by atoms with van der Waals surface area (Å²) in [7, 11) is 0. The van der Waals surface area contributed by atoms with Crippen molar-refractivity contribution >= 4 is 28.9 Å². The van der Waals surface area contributed by atoms with Gasteiger partial charge in [-0.15, -0.1) is 5.10 Å². The van der Waals surface area contributed by atoms with Gasteiger partial charge in [-0.2, -0.15) is 9.50 Å². The molecular weight excluding hydrogens is 442 g/mol. The summed E-state index contributed by atoms with van der Waals surface area (Å²) in [6.07, 6.45) is 3.42. The fourth-order valence-corrected chi connectivity index (χ4v) is 3.55. The molecule has 5 rings (SSSR count). The Bertz CT molecular complexity index is 1460. The van der Waals surface area contributed by atoms with Gasteiger partial charge >= 0.3 is 0 Å². The summed E-state index contributed by atoms with van der Waals surface area (Å²) in [6.45, 7) is 4.43. The van der Waals surface area contributed by atoms with E-state index in [9.17, 15) is 4.79 Å². The van der Waals surface area contributed by atoms with Gasteiger partial charge in [0.1, 0.15) is 11.6 Å². The average molecular weight is 466 g/mol. The summed E-state index contributed by atoms with van der Waals surface area (Å²) in [6, 6.07) is 20.1. The number of rotatable bonds is 7. The molecule has 5 aromatic rings. The summed E-state index contributed by atoms with van der Waals surface area (Å²) < 4.78 is 7.09. The third kappa shape index (κ3) is 4.93. The maximum atomic E-state index is 12.7. The zero-order valence-electron chi connectivity index (χ0n) is 19.3. The first kappa shape index (κ1) is 22.0. The van der Waals surface area contributed by atoms with Crippen molar-refractivity contribution in [1.29, 1.82) is 0 Å². The lowest BCUT2D eigenvalue weighted by molar-refractivity contribution is 0.102. The fourth-order valence-electron chi connectivity index (χ4n) is 3.55. The second-order valence-corrected chi connectivity index (χ2v) is 7.79. The molecule has 0 aliphatic heterocycles. The molecule has 0 radical (unpaired) electrons. The van der Waals surface area contributed by atoms with Crippen LogP contribution in [0.25, 0.3) is 17.2 Å². The van der Waals surface area contributed by atoms with E-state index in [0.717, 1.165) is 22.7 Å². The van der Waals surface area contributed by atoms with E-state index >= 15 is 0 Å². The number of pyridine rings is 1. The molecule has 2 N–H and O–H groups in total. The maximum absolute atomic E-state index is 12.7. The number of hydrogen-bond acceptors (Lipinski definition) is 7. The van der Waals surface area contributed by atoms with E-state index in [0.29, 0.717) is 35.3 Å². The van der Waals surface area contributed by atoms with Crippen molar-refractivity contribution in [3.05, 3.63) is 90.4 Å². The Kier molecular flexibility index (Phi) is 6.04. The van der Waals surface area contributed by atoms with Crippen LogP contribution < -0.4 is 15.4 Å². The number of benzene rings is 2. The van der Waals surface area contributed by atoms with Gasteiger partial charge in [-0.05, 0) is 74.5 Å². The van der Waals surface area contributed by atoms with Crippen molar-refractivity contribution in [3.63, 3.8) is 0 Å². The Morgan fingerprint density at radius 3 is 2.49 bits per heavy atom. The molecule has 174 valence electrons. The van der Waals surface area contributed by atoms with Crippen molar-refractivity contribution in [2.75, 3.05) is 17.2 Å². The first-order valence-electron chi connectivity index (χ1n) is 11.1. The highest BCUT2D eigenvalue weighted by atomic mass is 16.5. The summed E-state index contributed by atoms with van der Waals surface area (Å²) >= 11 is 0. The Hall–Kier alpha value is -4.79. The molecule has 1 amide bonds. The molecule has 2 aromatic carbocycles. The third-order valence-electron chi connectivity index (χ3n) is 5.20. The van der Waals surface area contributed by atoms with Crippen LogP contribution in [0.1, 0.15) is 23.0 Å². The first-order valence-corrected chi connectivity index (χ1v) is 11.1. The topological polar surface area (TPSA) is 106 Å². The second kappa shape index (κ2) is 9.60. The molecule has 35 heavy (non-hydrogen) atoms. The number of hydrogen-bond donors (Lipinski definition) is 2. The van der Waals surface area contributed by atoms with Crippen LogP contribution in [0.15, 0.2) is 79.1 Å². The molecule has 0 spiro atoms. The first-order chi connectivity index (χ1) is 17.1. The monoisotopic (exact) mass is 465 g/mol. The van der Waals surface area contributed by atoms with E-state index in [1.165, 1.54) is 0 Å². The normalized spacial score (nSPS) is 10.8. The fraction of sp³-hybridized carbons (Fsp3) is 0.115. The molecule has 0 saturated carbocycles. The molecule has 3 heterocycles. The van der Waals surface area contributed by atoms with Gasteiger partial charge in [0.15, 0.2) is 5.82 Å². The number of carbonyl (C=O) groups excluding carboxylic acids is 1. The Morgan fingerprint density at radius 1 is 1.00 bits per heavy atom. The highest BCUT2D eigenvalue weighted by Crippen LogP contribution is 2.22. The molecular formula is C26H23N7O2. The predicted molar refractivity (Wildman–Crippen MR) is 134 cm³/mol.